The Labute approximate surface area is 216 Å². The Morgan fingerprint density at radius 1 is 1.06 bits per heavy atom. The van der Waals surface area contributed by atoms with Crippen molar-refractivity contribution < 1.29 is 8.42 Å². The van der Waals surface area contributed by atoms with Gasteiger partial charge in [0.1, 0.15) is 16.4 Å². The lowest BCUT2D eigenvalue weighted by Crippen LogP contribution is -2.50. The summed E-state index contributed by atoms with van der Waals surface area (Å²) in [6.07, 6.45) is 1.51. The second-order valence-corrected chi connectivity index (χ2v) is 11.4. The maximum atomic E-state index is 13.5. The van der Waals surface area contributed by atoms with Gasteiger partial charge in [-0.25, -0.2) is 18.4 Å². The number of sulfonamides is 1. The van der Waals surface area contributed by atoms with Crippen LogP contribution >= 0.6 is 23.2 Å². The van der Waals surface area contributed by atoms with Gasteiger partial charge in [-0.15, -0.1) is 0 Å². The van der Waals surface area contributed by atoms with Crippen molar-refractivity contribution >= 4 is 44.6 Å². The first-order valence-corrected chi connectivity index (χ1v) is 13.4. The standard InChI is InChI=1S/C25H27Cl2N5O2S/c1-16(2)31-10-12-32(13-11-31)35(33,34)23-14-19(6-9-21(23)27)22-15-29-25(28)24(30-22)17(3)18-4-7-20(26)8-5-18/h4-9,14-16H,3,10-13H2,1-2H3,(H2,28,29). The van der Waals surface area contributed by atoms with Crippen LogP contribution in [0.3, 0.4) is 0 Å². The highest BCUT2D eigenvalue weighted by atomic mass is 35.5. The van der Waals surface area contributed by atoms with Gasteiger partial charge in [-0.3, -0.25) is 4.90 Å². The molecule has 0 aliphatic carbocycles. The number of hydrogen-bond acceptors (Lipinski definition) is 6. The summed E-state index contributed by atoms with van der Waals surface area (Å²) in [6, 6.07) is 12.4. The maximum absolute atomic E-state index is 13.5. The Balaban J connectivity index is 1.67. The Morgan fingerprint density at radius 3 is 2.34 bits per heavy atom. The molecule has 1 aromatic heterocycles. The van der Waals surface area contributed by atoms with Crippen molar-refractivity contribution in [3.8, 4) is 11.3 Å². The molecule has 10 heteroatoms. The second-order valence-electron chi connectivity index (χ2n) is 8.65. The molecule has 0 bridgehead atoms. The van der Waals surface area contributed by atoms with E-state index in [1.165, 1.54) is 10.5 Å². The minimum Gasteiger partial charge on any atom is -0.382 e. The van der Waals surface area contributed by atoms with Gasteiger partial charge >= 0.3 is 0 Å². The van der Waals surface area contributed by atoms with Crippen LogP contribution in [0, 0.1) is 0 Å². The number of anilines is 1. The van der Waals surface area contributed by atoms with E-state index >= 15 is 0 Å². The summed E-state index contributed by atoms with van der Waals surface area (Å²) in [4.78, 5) is 11.2. The number of aromatic nitrogens is 2. The summed E-state index contributed by atoms with van der Waals surface area (Å²) in [7, 11) is -3.78. The van der Waals surface area contributed by atoms with Crippen LogP contribution in [-0.2, 0) is 10.0 Å². The van der Waals surface area contributed by atoms with Crippen LogP contribution in [0.1, 0.15) is 25.1 Å². The number of hydrogen-bond donors (Lipinski definition) is 1. The number of piperazine rings is 1. The number of benzene rings is 2. The normalized spacial score (nSPS) is 15.5. The van der Waals surface area contributed by atoms with Crippen LogP contribution in [0.25, 0.3) is 16.8 Å². The minimum absolute atomic E-state index is 0.0476. The molecule has 2 N–H and O–H groups in total. The summed E-state index contributed by atoms with van der Waals surface area (Å²) >= 11 is 12.4. The van der Waals surface area contributed by atoms with Crippen molar-refractivity contribution in [2.75, 3.05) is 31.9 Å². The average Bonchev–Trinajstić information content (AvgIpc) is 2.84. The molecule has 0 unspecified atom stereocenters. The van der Waals surface area contributed by atoms with E-state index in [9.17, 15) is 8.42 Å². The van der Waals surface area contributed by atoms with E-state index in [2.05, 4.69) is 35.3 Å². The quantitative estimate of drug-likeness (QED) is 0.490. The molecule has 0 saturated carbocycles. The second kappa shape index (κ2) is 10.2. The molecule has 2 aromatic carbocycles. The van der Waals surface area contributed by atoms with Crippen molar-refractivity contribution in [3.63, 3.8) is 0 Å². The number of nitrogen functional groups attached to an aromatic ring is 1. The number of halogens is 2. The van der Waals surface area contributed by atoms with Crippen LogP contribution in [-0.4, -0.2) is 59.8 Å². The number of rotatable bonds is 6. The van der Waals surface area contributed by atoms with Crippen molar-refractivity contribution in [2.24, 2.45) is 0 Å². The molecule has 1 aliphatic rings. The summed E-state index contributed by atoms with van der Waals surface area (Å²) in [6.45, 7) is 10.5. The molecule has 2 heterocycles. The average molecular weight is 532 g/mol. The van der Waals surface area contributed by atoms with Gasteiger partial charge in [0.25, 0.3) is 0 Å². The first-order valence-electron chi connectivity index (χ1n) is 11.2. The lowest BCUT2D eigenvalue weighted by atomic mass is 10.0. The van der Waals surface area contributed by atoms with E-state index in [-0.39, 0.29) is 15.7 Å². The van der Waals surface area contributed by atoms with Crippen molar-refractivity contribution in [2.45, 2.75) is 24.8 Å². The van der Waals surface area contributed by atoms with Gasteiger partial charge < -0.3 is 5.73 Å². The Morgan fingerprint density at radius 2 is 1.71 bits per heavy atom. The topological polar surface area (TPSA) is 92.4 Å². The van der Waals surface area contributed by atoms with E-state index in [4.69, 9.17) is 28.9 Å². The Kier molecular flexibility index (Phi) is 7.49. The van der Waals surface area contributed by atoms with Crippen molar-refractivity contribution in [1.82, 2.24) is 19.2 Å². The van der Waals surface area contributed by atoms with Crippen LogP contribution in [0.15, 0.2) is 60.1 Å². The SMILES string of the molecule is C=C(c1ccc(Cl)cc1)c1nc(-c2ccc(Cl)c(S(=O)(=O)N3CCN(C(C)C)CC3)c2)cnc1N. The largest absolute Gasteiger partial charge is 0.382 e. The fourth-order valence-corrected chi connectivity index (χ4v) is 6.06. The first kappa shape index (κ1) is 25.6. The van der Waals surface area contributed by atoms with E-state index < -0.39 is 10.0 Å². The molecule has 0 atom stereocenters. The van der Waals surface area contributed by atoms with Crippen molar-refractivity contribution in [1.29, 1.82) is 0 Å². The third-order valence-corrected chi connectivity index (χ3v) is 8.76. The molecule has 0 amide bonds. The molecular formula is C25H27Cl2N5O2S. The van der Waals surface area contributed by atoms with Crippen LogP contribution in [0.5, 0.6) is 0 Å². The molecule has 4 rings (SSSR count). The molecule has 35 heavy (non-hydrogen) atoms. The first-order chi connectivity index (χ1) is 16.6. The van der Waals surface area contributed by atoms with E-state index in [1.807, 2.05) is 12.1 Å². The van der Waals surface area contributed by atoms with Gasteiger partial charge in [0, 0.05) is 48.4 Å². The molecule has 0 radical (unpaired) electrons. The van der Waals surface area contributed by atoms with Gasteiger partial charge in [-0.2, -0.15) is 4.31 Å². The van der Waals surface area contributed by atoms with Crippen LogP contribution in [0.2, 0.25) is 10.0 Å². The maximum Gasteiger partial charge on any atom is 0.244 e. The third-order valence-electron chi connectivity index (χ3n) is 6.13. The highest BCUT2D eigenvalue weighted by Gasteiger charge is 2.31. The van der Waals surface area contributed by atoms with Gasteiger partial charge in [-0.1, -0.05) is 48.0 Å². The van der Waals surface area contributed by atoms with Gasteiger partial charge in [0.05, 0.1) is 16.9 Å². The summed E-state index contributed by atoms with van der Waals surface area (Å²) in [5.74, 6) is 0.221. The summed E-state index contributed by atoms with van der Waals surface area (Å²) in [5, 5.41) is 0.768. The van der Waals surface area contributed by atoms with Gasteiger partial charge in [0.2, 0.25) is 10.0 Å². The fourth-order valence-electron chi connectivity index (χ4n) is 4.01. The fraction of sp³-hybridized carbons (Fsp3) is 0.280. The molecule has 1 saturated heterocycles. The van der Waals surface area contributed by atoms with Crippen molar-refractivity contribution in [3.05, 3.63) is 76.5 Å². The van der Waals surface area contributed by atoms with E-state index in [1.54, 1.807) is 30.3 Å². The van der Waals surface area contributed by atoms with Gasteiger partial charge in [0.15, 0.2) is 0 Å². The molecular weight excluding hydrogens is 505 g/mol. The zero-order chi connectivity index (χ0) is 25.3. The van der Waals surface area contributed by atoms with Crippen LogP contribution < -0.4 is 5.73 Å². The number of nitrogens with two attached hydrogens (primary N) is 1. The summed E-state index contributed by atoms with van der Waals surface area (Å²) in [5.41, 5.74) is 8.91. The molecule has 3 aromatic rings. The number of nitrogens with zero attached hydrogens (tertiary/aromatic N) is 4. The van der Waals surface area contributed by atoms with Crippen LogP contribution in [0.4, 0.5) is 5.82 Å². The lowest BCUT2D eigenvalue weighted by molar-refractivity contribution is 0.154. The third kappa shape index (κ3) is 5.37. The highest BCUT2D eigenvalue weighted by Crippen LogP contribution is 2.32. The minimum atomic E-state index is -3.78. The Bertz CT molecular complexity index is 1350. The van der Waals surface area contributed by atoms with Gasteiger partial charge in [-0.05, 0) is 43.7 Å². The molecule has 184 valence electrons. The lowest BCUT2D eigenvalue weighted by Gasteiger charge is -2.36. The monoisotopic (exact) mass is 531 g/mol. The molecule has 1 aliphatic heterocycles. The Hall–Kier alpha value is -2.49. The zero-order valence-corrected chi connectivity index (χ0v) is 21.9. The predicted molar refractivity (Wildman–Crippen MR) is 142 cm³/mol. The molecule has 7 nitrogen and oxygen atoms in total. The smallest absolute Gasteiger partial charge is 0.244 e. The summed E-state index contributed by atoms with van der Waals surface area (Å²) < 4.78 is 28.4. The zero-order valence-electron chi connectivity index (χ0n) is 19.6. The molecule has 1 fully saturated rings. The van der Waals surface area contributed by atoms with E-state index in [0.717, 1.165) is 5.56 Å². The predicted octanol–water partition coefficient (Wildman–Crippen LogP) is 4.81. The highest BCUT2D eigenvalue weighted by molar-refractivity contribution is 7.89. The van der Waals surface area contributed by atoms with E-state index in [0.29, 0.717) is 59.8 Å². The molecule has 0 spiro atoms.